The second kappa shape index (κ2) is 8.26. The maximum Gasteiger partial charge on any atom is 0.290 e. The third-order valence-electron chi connectivity index (χ3n) is 3.52. The molecule has 1 aliphatic heterocycles. The number of piperidine rings is 1. The van der Waals surface area contributed by atoms with Crippen LogP contribution in [0.15, 0.2) is 24.3 Å². The van der Waals surface area contributed by atoms with E-state index in [-0.39, 0.29) is 17.9 Å². The molecule has 3 N–H and O–H groups in total. The van der Waals surface area contributed by atoms with Crippen molar-refractivity contribution in [2.45, 2.75) is 25.3 Å². The molecule has 0 unspecified atom stereocenters. The van der Waals surface area contributed by atoms with Gasteiger partial charge in [0.2, 0.25) is 5.91 Å². The van der Waals surface area contributed by atoms with Crippen LogP contribution in [-0.4, -0.2) is 37.7 Å². The highest BCUT2D eigenvalue weighted by molar-refractivity contribution is 5.74. The van der Waals surface area contributed by atoms with E-state index in [1.54, 1.807) is 14.0 Å². The van der Waals surface area contributed by atoms with Gasteiger partial charge in [0.15, 0.2) is 0 Å². The van der Waals surface area contributed by atoms with Crippen molar-refractivity contribution in [3.8, 4) is 5.75 Å². The fourth-order valence-corrected chi connectivity index (χ4v) is 2.59. The zero-order valence-corrected chi connectivity index (χ0v) is 12.4. The Bertz CT molecular complexity index is 453. The number of amides is 1. The number of ether oxygens (including phenoxy) is 1. The highest BCUT2D eigenvalue weighted by Gasteiger charge is 2.34. The van der Waals surface area contributed by atoms with Crippen LogP contribution in [0.25, 0.3) is 0 Å². The van der Waals surface area contributed by atoms with Gasteiger partial charge in [0.1, 0.15) is 5.75 Å². The lowest BCUT2D eigenvalue weighted by atomic mass is 9.81. The number of hydrogen-bond donors (Lipinski definition) is 3. The van der Waals surface area contributed by atoms with E-state index in [1.165, 1.54) is 0 Å². The van der Waals surface area contributed by atoms with Gasteiger partial charge in [-0.2, -0.15) is 0 Å². The van der Waals surface area contributed by atoms with E-state index < -0.39 is 0 Å². The fourth-order valence-electron chi connectivity index (χ4n) is 2.59. The molecule has 116 valence electrons. The second-order valence-corrected chi connectivity index (χ2v) is 4.85. The summed E-state index contributed by atoms with van der Waals surface area (Å²) in [6.45, 7) is 3.17. The molecule has 0 aliphatic carbocycles. The zero-order valence-electron chi connectivity index (χ0n) is 12.4. The van der Waals surface area contributed by atoms with Crippen LogP contribution in [0.3, 0.4) is 0 Å². The Labute approximate surface area is 124 Å². The molecule has 1 heterocycles. The molecule has 6 nitrogen and oxygen atoms in total. The number of carbonyl (C=O) groups excluding carboxylic acids is 1. The molecule has 1 saturated heterocycles. The number of hydrogen-bond acceptors (Lipinski definition) is 4. The molecule has 1 aromatic rings. The molecule has 1 fully saturated rings. The van der Waals surface area contributed by atoms with Crippen molar-refractivity contribution in [3.63, 3.8) is 0 Å². The molecule has 1 amide bonds. The van der Waals surface area contributed by atoms with Gasteiger partial charge in [-0.15, -0.1) is 0 Å². The molecule has 0 bridgehead atoms. The van der Waals surface area contributed by atoms with Gasteiger partial charge in [-0.3, -0.25) is 9.59 Å². The fraction of sp³-hybridized carbons (Fsp3) is 0.467. The minimum absolute atomic E-state index is 0.0210. The molecular weight excluding hydrogens is 272 g/mol. The van der Waals surface area contributed by atoms with E-state index in [1.807, 2.05) is 24.3 Å². The van der Waals surface area contributed by atoms with Gasteiger partial charge in [0.25, 0.3) is 6.47 Å². The summed E-state index contributed by atoms with van der Waals surface area (Å²) in [6.07, 6.45) is 1.83. The van der Waals surface area contributed by atoms with Gasteiger partial charge in [-0.05, 0) is 43.6 Å². The summed E-state index contributed by atoms with van der Waals surface area (Å²) >= 11 is 0. The summed E-state index contributed by atoms with van der Waals surface area (Å²) in [5.41, 5.74) is 0.920. The molecule has 0 aromatic heterocycles. The molecular formula is C15H22N2O4. The van der Waals surface area contributed by atoms with Gasteiger partial charge in [0, 0.05) is 6.92 Å². The third-order valence-corrected chi connectivity index (χ3v) is 3.52. The standard InChI is InChI=1S/C14H20N2O2.CH2O2/c1-11(17)16-14(7-9-15-10-8-14)12-3-5-13(18-2)6-4-12;2-1-3/h3-6,15H,7-10H2,1-2H3,(H,16,17);1H,(H,2,3). The number of carboxylic acid groups (broad SMARTS) is 1. The number of carbonyl (C=O) groups is 2. The van der Waals surface area contributed by atoms with Crippen molar-refractivity contribution in [2.24, 2.45) is 0 Å². The van der Waals surface area contributed by atoms with Crippen molar-refractivity contribution in [1.29, 1.82) is 0 Å². The summed E-state index contributed by atoms with van der Waals surface area (Å²) in [6, 6.07) is 7.97. The average molecular weight is 294 g/mol. The third kappa shape index (κ3) is 4.75. The van der Waals surface area contributed by atoms with Crippen LogP contribution < -0.4 is 15.4 Å². The Morgan fingerprint density at radius 3 is 2.29 bits per heavy atom. The minimum Gasteiger partial charge on any atom is -0.497 e. The van der Waals surface area contributed by atoms with Crippen molar-refractivity contribution in [3.05, 3.63) is 29.8 Å². The lowest BCUT2D eigenvalue weighted by molar-refractivity contribution is -0.123. The second-order valence-electron chi connectivity index (χ2n) is 4.85. The molecule has 1 aromatic carbocycles. The predicted octanol–water partition coefficient (Wildman–Crippen LogP) is 1.11. The Morgan fingerprint density at radius 1 is 1.33 bits per heavy atom. The van der Waals surface area contributed by atoms with Crippen LogP contribution in [0.2, 0.25) is 0 Å². The maximum absolute atomic E-state index is 11.5. The van der Waals surface area contributed by atoms with Gasteiger partial charge in [-0.1, -0.05) is 12.1 Å². The molecule has 1 aliphatic rings. The van der Waals surface area contributed by atoms with Crippen molar-refractivity contribution in [2.75, 3.05) is 20.2 Å². The summed E-state index contributed by atoms with van der Waals surface area (Å²) in [7, 11) is 1.66. The molecule has 6 heteroatoms. The first kappa shape index (κ1) is 17.0. The number of rotatable bonds is 3. The van der Waals surface area contributed by atoms with Crippen molar-refractivity contribution < 1.29 is 19.4 Å². The first-order valence-corrected chi connectivity index (χ1v) is 6.80. The van der Waals surface area contributed by atoms with Crippen LogP contribution in [0.1, 0.15) is 25.3 Å². The van der Waals surface area contributed by atoms with Crippen LogP contribution in [0.4, 0.5) is 0 Å². The largest absolute Gasteiger partial charge is 0.497 e. The van der Waals surface area contributed by atoms with Gasteiger partial charge in [0.05, 0.1) is 12.6 Å². The normalized spacial score (nSPS) is 16.1. The summed E-state index contributed by atoms with van der Waals surface area (Å²) in [5, 5.41) is 13.3. The molecule has 0 saturated carbocycles. The lowest BCUT2D eigenvalue weighted by Crippen LogP contribution is -2.51. The SMILES string of the molecule is COc1ccc(C2(NC(C)=O)CCNCC2)cc1.O=CO. The number of benzene rings is 1. The van der Waals surface area contributed by atoms with E-state index >= 15 is 0 Å². The Balaban J connectivity index is 0.000000677. The maximum atomic E-state index is 11.5. The van der Waals surface area contributed by atoms with E-state index in [4.69, 9.17) is 14.6 Å². The van der Waals surface area contributed by atoms with Crippen LogP contribution in [0.5, 0.6) is 5.75 Å². The average Bonchev–Trinajstić information content (AvgIpc) is 2.48. The molecule has 2 rings (SSSR count). The Kier molecular flexibility index (Phi) is 6.68. The topological polar surface area (TPSA) is 87.7 Å². The Hall–Kier alpha value is -2.08. The monoisotopic (exact) mass is 294 g/mol. The smallest absolute Gasteiger partial charge is 0.290 e. The number of nitrogens with one attached hydrogen (secondary N) is 2. The highest BCUT2D eigenvalue weighted by atomic mass is 16.5. The van der Waals surface area contributed by atoms with Gasteiger partial charge >= 0.3 is 0 Å². The molecule has 21 heavy (non-hydrogen) atoms. The molecule has 0 spiro atoms. The Morgan fingerprint density at radius 2 is 1.86 bits per heavy atom. The summed E-state index contributed by atoms with van der Waals surface area (Å²) < 4.78 is 5.17. The van der Waals surface area contributed by atoms with Crippen LogP contribution >= 0.6 is 0 Å². The van der Waals surface area contributed by atoms with Crippen LogP contribution in [-0.2, 0) is 15.1 Å². The first-order valence-electron chi connectivity index (χ1n) is 6.80. The summed E-state index contributed by atoms with van der Waals surface area (Å²) in [4.78, 5) is 19.8. The zero-order chi connectivity index (χ0) is 15.7. The minimum atomic E-state index is -0.250. The molecule has 0 atom stereocenters. The lowest BCUT2D eigenvalue weighted by Gasteiger charge is -2.38. The van der Waals surface area contributed by atoms with E-state index in [0.717, 1.165) is 37.2 Å². The quantitative estimate of drug-likeness (QED) is 0.727. The van der Waals surface area contributed by atoms with E-state index in [0.29, 0.717) is 0 Å². The highest BCUT2D eigenvalue weighted by Crippen LogP contribution is 2.31. The van der Waals surface area contributed by atoms with Gasteiger partial charge in [-0.25, -0.2) is 0 Å². The van der Waals surface area contributed by atoms with Crippen molar-refractivity contribution in [1.82, 2.24) is 10.6 Å². The van der Waals surface area contributed by atoms with Gasteiger partial charge < -0.3 is 20.5 Å². The van der Waals surface area contributed by atoms with E-state index in [2.05, 4.69) is 10.6 Å². The van der Waals surface area contributed by atoms with Crippen molar-refractivity contribution >= 4 is 12.4 Å². The predicted molar refractivity (Wildman–Crippen MR) is 79.3 cm³/mol. The van der Waals surface area contributed by atoms with E-state index in [9.17, 15) is 4.79 Å². The summed E-state index contributed by atoms with van der Waals surface area (Å²) in [5.74, 6) is 0.860. The molecule has 0 radical (unpaired) electrons. The first-order chi connectivity index (χ1) is 10.1. The van der Waals surface area contributed by atoms with Crippen LogP contribution in [0, 0.1) is 0 Å². The number of methoxy groups -OCH3 is 1.